The molecule has 1 aromatic carbocycles. The summed E-state index contributed by atoms with van der Waals surface area (Å²) in [6.07, 6.45) is 3.31. The summed E-state index contributed by atoms with van der Waals surface area (Å²) in [5.41, 5.74) is 2.36. The van der Waals surface area contributed by atoms with Gasteiger partial charge in [-0.25, -0.2) is 19.3 Å². The Kier molecular flexibility index (Phi) is 4.75. The zero-order chi connectivity index (χ0) is 23.3. The number of anilines is 2. The summed E-state index contributed by atoms with van der Waals surface area (Å²) in [5, 5.41) is 22.1. The minimum absolute atomic E-state index is 0.204. The van der Waals surface area contributed by atoms with Gasteiger partial charge in [-0.2, -0.15) is 10.1 Å². The Bertz CT molecular complexity index is 1550. The smallest absolute Gasteiger partial charge is 0.278 e. The van der Waals surface area contributed by atoms with E-state index in [2.05, 4.69) is 30.5 Å². The first kappa shape index (κ1) is 20.8. The molecular formula is C23H24N8O2. The van der Waals surface area contributed by atoms with Crippen molar-refractivity contribution in [2.24, 2.45) is 0 Å². The maximum atomic E-state index is 13.0. The lowest BCUT2D eigenvalue weighted by Crippen LogP contribution is -2.23. The summed E-state index contributed by atoms with van der Waals surface area (Å²) in [5.74, 6) is 0.837. The number of hydrogen-bond donors (Lipinski definition) is 3. The number of pyridine rings is 1. The third kappa shape index (κ3) is 3.54. The molecule has 0 saturated heterocycles. The number of aromatic nitrogens is 7. The van der Waals surface area contributed by atoms with Crippen LogP contribution >= 0.6 is 0 Å². The van der Waals surface area contributed by atoms with E-state index in [1.54, 1.807) is 47.6 Å². The number of hydrogen-bond acceptors (Lipinski definition) is 7. The highest BCUT2D eigenvalue weighted by Gasteiger charge is 2.21. The van der Waals surface area contributed by atoms with Crippen molar-refractivity contribution in [3.8, 4) is 5.82 Å². The van der Waals surface area contributed by atoms with Crippen LogP contribution in [0, 0.1) is 6.92 Å². The maximum Gasteiger partial charge on any atom is 0.278 e. The highest BCUT2D eigenvalue weighted by molar-refractivity contribution is 5.86. The highest BCUT2D eigenvalue weighted by Crippen LogP contribution is 2.25. The molecule has 0 atom stereocenters. The Morgan fingerprint density at radius 1 is 1.15 bits per heavy atom. The van der Waals surface area contributed by atoms with Crippen molar-refractivity contribution in [2.45, 2.75) is 39.8 Å². The van der Waals surface area contributed by atoms with Crippen LogP contribution < -0.4 is 10.9 Å². The second-order valence-corrected chi connectivity index (χ2v) is 8.45. The molecule has 4 aromatic heterocycles. The minimum Gasteiger partial charge on any atom is -0.384 e. The summed E-state index contributed by atoms with van der Waals surface area (Å²) in [6, 6.07) is 9.25. The normalized spacial score (nSPS) is 12.0. The van der Waals surface area contributed by atoms with Crippen molar-refractivity contribution < 1.29 is 5.11 Å². The van der Waals surface area contributed by atoms with E-state index in [9.17, 15) is 9.90 Å². The summed E-state index contributed by atoms with van der Waals surface area (Å²) >= 11 is 0. The van der Waals surface area contributed by atoms with Crippen LogP contribution in [-0.4, -0.2) is 39.6 Å². The highest BCUT2D eigenvalue weighted by atomic mass is 16.3. The molecule has 0 aliphatic rings. The fourth-order valence-electron chi connectivity index (χ4n) is 3.92. The van der Waals surface area contributed by atoms with Crippen molar-refractivity contribution in [1.29, 1.82) is 0 Å². The SMILES string of the molecule is CCn1c(=O)c2cnc(Nc3cc(C)c4cn[nH]c4c3)nc2n1-c1cccc(C(C)(C)O)n1. The van der Waals surface area contributed by atoms with Crippen molar-refractivity contribution in [3.63, 3.8) is 0 Å². The number of aliphatic hydroxyl groups is 1. The van der Waals surface area contributed by atoms with Gasteiger partial charge in [0.2, 0.25) is 5.95 Å². The standard InChI is InChI=1S/C23H24N8O2/c1-5-30-21(32)16-11-24-22(26-14-9-13(2)15-12-25-29-17(15)10-14)28-20(16)31(30)19-8-6-7-18(27-19)23(3,4)33/h6-12,33H,5H2,1-4H3,(H,25,29)(H,24,26,28). The molecule has 0 saturated carbocycles. The predicted octanol–water partition coefficient (Wildman–Crippen LogP) is 3.15. The number of aryl methyl sites for hydroxylation is 1. The molecule has 0 spiro atoms. The van der Waals surface area contributed by atoms with E-state index in [1.165, 1.54) is 6.20 Å². The summed E-state index contributed by atoms with van der Waals surface area (Å²) in [6.45, 7) is 7.64. The van der Waals surface area contributed by atoms with E-state index in [1.807, 2.05) is 26.0 Å². The Hall–Kier alpha value is -4.05. The summed E-state index contributed by atoms with van der Waals surface area (Å²) in [7, 11) is 0. The van der Waals surface area contributed by atoms with Crippen molar-refractivity contribution in [3.05, 3.63) is 64.3 Å². The molecule has 4 heterocycles. The molecule has 0 fully saturated rings. The topological polar surface area (TPSA) is 127 Å². The van der Waals surface area contributed by atoms with Gasteiger partial charge in [0.05, 0.1) is 17.4 Å². The zero-order valence-electron chi connectivity index (χ0n) is 18.8. The molecule has 5 rings (SSSR count). The van der Waals surface area contributed by atoms with Crippen LogP contribution in [0.5, 0.6) is 0 Å². The summed E-state index contributed by atoms with van der Waals surface area (Å²) in [4.78, 5) is 26.6. The molecule has 10 heteroatoms. The minimum atomic E-state index is -1.12. The molecule has 3 N–H and O–H groups in total. The summed E-state index contributed by atoms with van der Waals surface area (Å²) < 4.78 is 3.23. The Morgan fingerprint density at radius 3 is 2.73 bits per heavy atom. The predicted molar refractivity (Wildman–Crippen MR) is 126 cm³/mol. The van der Waals surface area contributed by atoms with E-state index in [-0.39, 0.29) is 5.56 Å². The molecule has 5 aromatic rings. The molecular weight excluding hydrogens is 420 g/mol. The molecule has 0 radical (unpaired) electrons. The van der Waals surface area contributed by atoms with Crippen molar-refractivity contribution in [2.75, 3.05) is 5.32 Å². The first-order chi connectivity index (χ1) is 15.8. The fraction of sp³-hybridized carbons (Fsp3) is 0.261. The lowest BCUT2D eigenvalue weighted by molar-refractivity contribution is 0.0738. The number of H-pyrrole nitrogens is 1. The number of benzene rings is 1. The fourth-order valence-corrected chi connectivity index (χ4v) is 3.92. The van der Waals surface area contributed by atoms with Gasteiger partial charge in [-0.05, 0) is 57.5 Å². The molecule has 0 bridgehead atoms. The Balaban J connectivity index is 1.65. The van der Waals surface area contributed by atoms with Crippen molar-refractivity contribution in [1.82, 2.24) is 34.5 Å². The van der Waals surface area contributed by atoms with Crippen molar-refractivity contribution >= 4 is 33.6 Å². The van der Waals surface area contributed by atoms with Gasteiger partial charge in [0.15, 0.2) is 11.5 Å². The average Bonchev–Trinajstić information content (AvgIpc) is 3.36. The lowest BCUT2D eigenvalue weighted by Gasteiger charge is -2.18. The molecule has 10 nitrogen and oxygen atoms in total. The number of nitrogens with one attached hydrogen (secondary N) is 2. The molecule has 0 unspecified atom stereocenters. The van der Waals surface area contributed by atoms with Crippen LogP contribution in [0.4, 0.5) is 11.6 Å². The van der Waals surface area contributed by atoms with Crippen LogP contribution in [-0.2, 0) is 12.1 Å². The van der Waals surface area contributed by atoms with E-state index >= 15 is 0 Å². The van der Waals surface area contributed by atoms with Gasteiger partial charge < -0.3 is 10.4 Å². The third-order valence-electron chi connectivity index (χ3n) is 5.57. The lowest BCUT2D eigenvalue weighted by atomic mass is 10.1. The quantitative estimate of drug-likeness (QED) is 0.380. The number of fused-ring (bicyclic) bond motifs is 2. The Labute approximate surface area is 188 Å². The van der Waals surface area contributed by atoms with E-state index < -0.39 is 5.60 Å². The van der Waals surface area contributed by atoms with E-state index in [0.29, 0.717) is 35.0 Å². The number of rotatable bonds is 5. The largest absolute Gasteiger partial charge is 0.384 e. The van der Waals surface area contributed by atoms with Crippen LogP contribution in [0.15, 0.2) is 47.5 Å². The van der Waals surface area contributed by atoms with E-state index in [0.717, 1.165) is 22.2 Å². The molecule has 0 amide bonds. The van der Waals surface area contributed by atoms with Crippen LogP contribution in [0.3, 0.4) is 0 Å². The van der Waals surface area contributed by atoms with Gasteiger partial charge in [0.1, 0.15) is 11.0 Å². The average molecular weight is 444 g/mol. The molecule has 0 aliphatic heterocycles. The Morgan fingerprint density at radius 2 is 1.97 bits per heavy atom. The molecule has 33 heavy (non-hydrogen) atoms. The van der Waals surface area contributed by atoms with Gasteiger partial charge in [-0.1, -0.05) is 6.07 Å². The first-order valence-electron chi connectivity index (χ1n) is 10.7. The number of aromatic amines is 1. The van der Waals surface area contributed by atoms with E-state index in [4.69, 9.17) is 0 Å². The van der Waals surface area contributed by atoms with Gasteiger partial charge in [0, 0.05) is 23.8 Å². The third-order valence-corrected chi connectivity index (χ3v) is 5.57. The maximum absolute atomic E-state index is 13.0. The van der Waals surface area contributed by atoms with Gasteiger partial charge in [0.25, 0.3) is 5.56 Å². The van der Waals surface area contributed by atoms with Crippen LogP contribution in [0.2, 0.25) is 0 Å². The van der Waals surface area contributed by atoms with Crippen LogP contribution in [0.25, 0.3) is 27.8 Å². The molecule has 168 valence electrons. The molecule has 0 aliphatic carbocycles. The van der Waals surface area contributed by atoms with Gasteiger partial charge >= 0.3 is 0 Å². The first-order valence-corrected chi connectivity index (χ1v) is 10.7. The second-order valence-electron chi connectivity index (χ2n) is 8.45. The van der Waals surface area contributed by atoms with Gasteiger partial charge in [-0.15, -0.1) is 0 Å². The zero-order valence-corrected chi connectivity index (χ0v) is 18.8. The second kappa shape index (κ2) is 7.52. The van der Waals surface area contributed by atoms with Crippen LogP contribution in [0.1, 0.15) is 32.0 Å². The van der Waals surface area contributed by atoms with Gasteiger partial charge in [-0.3, -0.25) is 9.89 Å². The monoisotopic (exact) mass is 444 g/mol. The number of nitrogens with zero attached hydrogens (tertiary/aromatic N) is 6.